The summed E-state index contributed by atoms with van der Waals surface area (Å²) in [7, 11) is 3.28. The second kappa shape index (κ2) is 7.47. The molecule has 0 bridgehead atoms. The zero-order valence-corrected chi connectivity index (χ0v) is 16.5. The predicted octanol–water partition coefficient (Wildman–Crippen LogP) is 2.88. The highest BCUT2D eigenvalue weighted by atomic mass is 16.5. The molecule has 2 fully saturated rings. The summed E-state index contributed by atoms with van der Waals surface area (Å²) in [5.74, 6) is 2.15. The fraction of sp³-hybridized carbons (Fsp3) is 0.667. The standard InChI is InChI=1S/C21H32N2O3/c1-20(2,15-8-9-17(25-3)18(11-15)26-4)13-23-19(24)21-10-6-5-7-16(21)12-22-14-21/h8-9,11,16,22H,5-7,10,12-14H2,1-4H3,(H,23,24)/t16-,21+/m0/s1. The van der Waals surface area contributed by atoms with E-state index in [2.05, 4.69) is 24.5 Å². The van der Waals surface area contributed by atoms with Gasteiger partial charge in [-0.05, 0) is 43.0 Å². The summed E-state index contributed by atoms with van der Waals surface area (Å²) < 4.78 is 10.8. The Bertz CT molecular complexity index is 659. The maximum Gasteiger partial charge on any atom is 0.227 e. The first-order valence-corrected chi connectivity index (χ1v) is 9.64. The summed E-state index contributed by atoms with van der Waals surface area (Å²) in [6.45, 7) is 6.71. The van der Waals surface area contributed by atoms with E-state index < -0.39 is 0 Å². The van der Waals surface area contributed by atoms with Crippen molar-refractivity contribution in [2.75, 3.05) is 33.9 Å². The number of amides is 1. The van der Waals surface area contributed by atoms with E-state index in [-0.39, 0.29) is 16.7 Å². The molecule has 0 radical (unpaired) electrons. The lowest BCUT2D eigenvalue weighted by Gasteiger charge is -2.38. The Labute approximate surface area is 156 Å². The van der Waals surface area contributed by atoms with Gasteiger partial charge in [0.15, 0.2) is 11.5 Å². The molecule has 1 aromatic carbocycles. The van der Waals surface area contributed by atoms with Crippen LogP contribution in [0.5, 0.6) is 11.5 Å². The van der Waals surface area contributed by atoms with Crippen LogP contribution in [0.1, 0.15) is 45.1 Å². The topological polar surface area (TPSA) is 59.6 Å². The Hall–Kier alpha value is -1.75. The highest BCUT2D eigenvalue weighted by Crippen LogP contribution is 2.44. The summed E-state index contributed by atoms with van der Waals surface area (Å²) in [6, 6.07) is 5.98. The molecule has 144 valence electrons. The van der Waals surface area contributed by atoms with Gasteiger partial charge in [-0.1, -0.05) is 32.8 Å². The van der Waals surface area contributed by atoms with Gasteiger partial charge >= 0.3 is 0 Å². The highest BCUT2D eigenvalue weighted by molar-refractivity contribution is 5.84. The molecular formula is C21H32N2O3. The molecule has 0 spiro atoms. The van der Waals surface area contributed by atoms with Gasteiger partial charge in [-0.3, -0.25) is 4.79 Å². The van der Waals surface area contributed by atoms with E-state index in [1.54, 1.807) is 14.2 Å². The van der Waals surface area contributed by atoms with E-state index in [0.29, 0.717) is 12.5 Å². The first-order chi connectivity index (χ1) is 12.4. The second-order valence-electron chi connectivity index (χ2n) is 8.37. The molecule has 2 N–H and O–H groups in total. The van der Waals surface area contributed by atoms with Gasteiger partial charge in [0.1, 0.15) is 0 Å². The van der Waals surface area contributed by atoms with Crippen molar-refractivity contribution >= 4 is 5.91 Å². The van der Waals surface area contributed by atoms with Crippen molar-refractivity contribution in [1.82, 2.24) is 10.6 Å². The predicted molar refractivity (Wildman–Crippen MR) is 103 cm³/mol. The summed E-state index contributed by atoms with van der Waals surface area (Å²) >= 11 is 0. The van der Waals surface area contributed by atoms with Gasteiger partial charge in [-0.15, -0.1) is 0 Å². The van der Waals surface area contributed by atoms with Crippen LogP contribution >= 0.6 is 0 Å². The van der Waals surface area contributed by atoms with Crippen molar-refractivity contribution in [3.05, 3.63) is 23.8 Å². The number of carbonyl (C=O) groups is 1. The molecule has 1 heterocycles. The Morgan fingerprint density at radius 2 is 2.04 bits per heavy atom. The third-order valence-corrected chi connectivity index (χ3v) is 6.35. The van der Waals surface area contributed by atoms with Gasteiger partial charge in [0, 0.05) is 18.5 Å². The van der Waals surface area contributed by atoms with Gasteiger partial charge in [-0.25, -0.2) is 0 Å². The number of carbonyl (C=O) groups excluding carboxylic acids is 1. The molecule has 0 aromatic heterocycles. The van der Waals surface area contributed by atoms with Crippen LogP contribution in [0.15, 0.2) is 18.2 Å². The third kappa shape index (κ3) is 3.41. The number of rotatable bonds is 6. The van der Waals surface area contributed by atoms with Crippen molar-refractivity contribution in [3.63, 3.8) is 0 Å². The van der Waals surface area contributed by atoms with Crippen LogP contribution in [-0.4, -0.2) is 39.8 Å². The number of fused-ring (bicyclic) bond motifs is 1. The van der Waals surface area contributed by atoms with E-state index in [1.807, 2.05) is 18.2 Å². The lowest BCUT2D eigenvalue weighted by atomic mass is 9.67. The van der Waals surface area contributed by atoms with Crippen LogP contribution in [0.25, 0.3) is 0 Å². The first kappa shape index (κ1) is 19.0. The average molecular weight is 360 g/mol. The highest BCUT2D eigenvalue weighted by Gasteiger charge is 2.49. The van der Waals surface area contributed by atoms with Crippen LogP contribution < -0.4 is 20.1 Å². The SMILES string of the molecule is COc1ccc(C(C)(C)CNC(=O)[C@@]23CCCC[C@H]2CNC3)cc1OC. The molecule has 5 nitrogen and oxygen atoms in total. The summed E-state index contributed by atoms with van der Waals surface area (Å²) in [4.78, 5) is 13.1. The maximum atomic E-state index is 13.1. The lowest BCUT2D eigenvalue weighted by Crippen LogP contribution is -2.50. The van der Waals surface area contributed by atoms with Gasteiger partial charge in [0.05, 0.1) is 19.6 Å². The Balaban J connectivity index is 1.71. The van der Waals surface area contributed by atoms with Crippen molar-refractivity contribution in [2.45, 2.75) is 44.9 Å². The molecule has 1 saturated heterocycles. The number of benzene rings is 1. The number of ether oxygens (including phenoxy) is 2. The van der Waals surface area contributed by atoms with Gasteiger partial charge in [0.2, 0.25) is 5.91 Å². The minimum atomic E-state index is -0.202. The Morgan fingerprint density at radius 1 is 1.27 bits per heavy atom. The third-order valence-electron chi connectivity index (χ3n) is 6.35. The average Bonchev–Trinajstić information content (AvgIpc) is 3.10. The van der Waals surface area contributed by atoms with E-state index in [4.69, 9.17) is 9.47 Å². The lowest BCUT2D eigenvalue weighted by molar-refractivity contribution is -0.134. The van der Waals surface area contributed by atoms with Gasteiger partial charge in [-0.2, -0.15) is 0 Å². The number of hydrogen-bond donors (Lipinski definition) is 2. The quantitative estimate of drug-likeness (QED) is 0.819. The number of hydrogen-bond acceptors (Lipinski definition) is 4. The molecule has 3 rings (SSSR count). The van der Waals surface area contributed by atoms with Crippen molar-refractivity contribution in [1.29, 1.82) is 0 Å². The molecule has 1 saturated carbocycles. The maximum absolute atomic E-state index is 13.1. The fourth-order valence-corrected chi connectivity index (χ4v) is 4.53. The van der Waals surface area contributed by atoms with Crippen LogP contribution in [0, 0.1) is 11.3 Å². The molecule has 1 aliphatic heterocycles. The number of methoxy groups -OCH3 is 2. The van der Waals surface area contributed by atoms with E-state index in [0.717, 1.165) is 43.0 Å². The van der Waals surface area contributed by atoms with Crippen LogP contribution in [0.3, 0.4) is 0 Å². The molecule has 1 aliphatic carbocycles. The summed E-state index contributed by atoms with van der Waals surface area (Å²) in [5, 5.41) is 6.72. The Kier molecular flexibility index (Phi) is 5.47. The second-order valence-corrected chi connectivity index (χ2v) is 8.37. The summed E-state index contributed by atoms with van der Waals surface area (Å²) in [6.07, 6.45) is 4.58. The molecule has 2 aliphatic rings. The minimum Gasteiger partial charge on any atom is -0.493 e. The van der Waals surface area contributed by atoms with E-state index >= 15 is 0 Å². The molecule has 1 aromatic rings. The largest absolute Gasteiger partial charge is 0.493 e. The number of nitrogens with one attached hydrogen (secondary N) is 2. The minimum absolute atomic E-state index is 0.192. The van der Waals surface area contributed by atoms with Crippen LogP contribution in [-0.2, 0) is 10.2 Å². The van der Waals surface area contributed by atoms with Crippen molar-refractivity contribution in [2.24, 2.45) is 11.3 Å². The summed E-state index contributed by atoms with van der Waals surface area (Å²) in [5.41, 5.74) is 0.728. The first-order valence-electron chi connectivity index (χ1n) is 9.64. The monoisotopic (exact) mass is 360 g/mol. The van der Waals surface area contributed by atoms with Crippen LogP contribution in [0.4, 0.5) is 0 Å². The van der Waals surface area contributed by atoms with Crippen molar-refractivity contribution < 1.29 is 14.3 Å². The van der Waals surface area contributed by atoms with Gasteiger partial charge < -0.3 is 20.1 Å². The zero-order chi connectivity index (χ0) is 18.8. The fourth-order valence-electron chi connectivity index (χ4n) is 4.53. The molecule has 26 heavy (non-hydrogen) atoms. The normalized spacial score (nSPS) is 25.5. The Morgan fingerprint density at radius 3 is 2.77 bits per heavy atom. The van der Waals surface area contributed by atoms with Gasteiger partial charge in [0.25, 0.3) is 0 Å². The molecule has 2 atom stereocenters. The van der Waals surface area contributed by atoms with E-state index in [9.17, 15) is 4.79 Å². The molecular weight excluding hydrogens is 328 g/mol. The zero-order valence-electron chi connectivity index (χ0n) is 16.5. The smallest absolute Gasteiger partial charge is 0.227 e. The van der Waals surface area contributed by atoms with Crippen LogP contribution in [0.2, 0.25) is 0 Å². The van der Waals surface area contributed by atoms with Crippen molar-refractivity contribution in [3.8, 4) is 11.5 Å². The molecule has 1 amide bonds. The van der Waals surface area contributed by atoms with E-state index in [1.165, 1.54) is 12.8 Å². The molecule has 5 heteroatoms. The molecule has 0 unspecified atom stereocenters.